The fourth-order valence-electron chi connectivity index (χ4n) is 2.05. The Morgan fingerprint density at radius 1 is 1.11 bits per heavy atom. The molecular formula is C18H21Cl3O6. The molecule has 0 aliphatic heterocycles. The highest BCUT2D eigenvalue weighted by Crippen LogP contribution is 2.40. The third-order valence-electron chi connectivity index (χ3n) is 4.92. The Bertz CT molecular complexity index is 758. The first-order valence-electron chi connectivity index (χ1n) is 8.10. The summed E-state index contributed by atoms with van der Waals surface area (Å²) >= 11 is 17.9. The molecule has 9 heteroatoms. The number of benzene rings is 1. The molecule has 0 spiro atoms. The van der Waals surface area contributed by atoms with Gasteiger partial charge in [-0.05, 0) is 23.3 Å². The van der Waals surface area contributed by atoms with E-state index in [1.807, 2.05) is 6.92 Å². The van der Waals surface area contributed by atoms with E-state index in [1.54, 1.807) is 0 Å². The SMILES string of the molecule is CC(C)C(C)(C)C(C)COC(=O)c1c(Cl)c(Cl)cc(Cl)c1OC(=O)C(=O)O. The van der Waals surface area contributed by atoms with Gasteiger partial charge in [-0.25, -0.2) is 14.4 Å². The van der Waals surface area contributed by atoms with Gasteiger partial charge in [0.2, 0.25) is 0 Å². The number of rotatable bonds is 6. The Kier molecular flexibility index (Phi) is 7.96. The molecule has 6 nitrogen and oxygen atoms in total. The van der Waals surface area contributed by atoms with Gasteiger partial charge in [0.05, 0.1) is 21.7 Å². The third kappa shape index (κ3) is 5.50. The second kappa shape index (κ2) is 9.13. The van der Waals surface area contributed by atoms with E-state index in [0.29, 0.717) is 5.92 Å². The Hall–Kier alpha value is -1.50. The monoisotopic (exact) mass is 438 g/mol. The van der Waals surface area contributed by atoms with Crippen molar-refractivity contribution < 1.29 is 29.0 Å². The predicted molar refractivity (Wildman–Crippen MR) is 103 cm³/mol. The minimum Gasteiger partial charge on any atom is -0.473 e. The number of hydrogen-bond acceptors (Lipinski definition) is 5. The average Bonchev–Trinajstić information content (AvgIpc) is 2.56. The average molecular weight is 440 g/mol. The van der Waals surface area contributed by atoms with Crippen LogP contribution in [0.3, 0.4) is 0 Å². The standard InChI is InChI=1S/C18H21Cl3O6/c1-8(2)18(4,5)9(3)7-26-16(24)12-13(21)10(19)6-11(20)14(12)27-17(25)15(22)23/h6,8-9H,7H2,1-5H3,(H,22,23). The number of ether oxygens (including phenoxy) is 2. The number of esters is 2. The van der Waals surface area contributed by atoms with Crippen LogP contribution in [0, 0.1) is 17.3 Å². The van der Waals surface area contributed by atoms with Crippen LogP contribution in [0.25, 0.3) is 0 Å². The Labute approximate surface area is 172 Å². The van der Waals surface area contributed by atoms with Crippen molar-refractivity contribution in [3.8, 4) is 5.75 Å². The van der Waals surface area contributed by atoms with E-state index in [1.165, 1.54) is 0 Å². The minimum atomic E-state index is -1.86. The summed E-state index contributed by atoms with van der Waals surface area (Å²) < 4.78 is 10.0. The summed E-state index contributed by atoms with van der Waals surface area (Å²) in [4.78, 5) is 34.7. The van der Waals surface area contributed by atoms with Gasteiger partial charge in [-0.15, -0.1) is 0 Å². The van der Waals surface area contributed by atoms with E-state index < -0.39 is 29.2 Å². The molecule has 0 aliphatic rings. The lowest BCUT2D eigenvalue weighted by atomic mass is 9.72. The molecule has 1 aromatic rings. The summed E-state index contributed by atoms with van der Waals surface area (Å²) in [6.07, 6.45) is 0. The molecule has 0 bridgehead atoms. The Morgan fingerprint density at radius 3 is 2.15 bits per heavy atom. The third-order valence-corrected chi connectivity index (χ3v) is 5.99. The van der Waals surface area contributed by atoms with Crippen molar-refractivity contribution >= 4 is 52.7 Å². The zero-order valence-electron chi connectivity index (χ0n) is 15.6. The van der Waals surface area contributed by atoms with Gasteiger partial charge in [0.1, 0.15) is 5.56 Å². The predicted octanol–water partition coefficient (Wildman–Crippen LogP) is 5.11. The van der Waals surface area contributed by atoms with Crippen molar-refractivity contribution in [1.82, 2.24) is 0 Å². The molecule has 150 valence electrons. The molecule has 0 radical (unpaired) electrons. The van der Waals surface area contributed by atoms with Crippen molar-refractivity contribution in [3.05, 3.63) is 26.7 Å². The molecule has 1 aromatic carbocycles. The normalized spacial score (nSPS) is 12.6. The van der Waals surface area contributed by atoms with Crippen LogP contribution < -0.4 is 4.74 Å². The van der Waals surface area contributed by atoms with Crippen LogP contribution in [0.2, 0.25) is 15.1 Å². The molecule has 0 saturated heterocycles. The maximum absolute atomic E-state index is 12.6. The van der Waals surface area contributed by atoms with Crippen LogP contribution in [0.1, 0.15) is 45.0 Å². The number of carbonyl (C=O) groups excluding carboxylic acids is 2. The number of halogens is 3. The molecule has 0 heterocycles. The van der Waals surface area contributed by atoms with E-state index in [2.05, 4.69) is 27.7 Å². The van der Waals surface area contributed by atoms with Crippen molar-refractivity contribution in [2.45, 2.75) is 34.6 Å². The van der Waals surface area contributed by atoms with E-state index in [-0.39, 0.29) is 33.0 Å². The Balaban J connectivity index is 3.18. The first kappa shape index (κ1) is 23.5. The first-order valence-corrected chi connectivity index (χ1v) is 9.23. The van der Waals surface area contributed by atoms with E-state index in [4.69, 9.17) is 49.4 Å². The molecule has 1 N–H and O–H groups in total. The number of carboxylic acids is 1. The van der Waals surface area contributed by atoms with Gasteiger partial charge in [0.25, 0.3) is 0 Å². The largest absolute Gasteiger partial charge is 0.473 e. The second-order valence-corrected chi connectivity index (χ2v) is 8.22. The summed E-state index contributed by atoms with van der Waals surface area (Å²) in [7, 11) is 0. The summed E-state index contributed by atoms with van der Waals surface area (Å²) in [6.45, 7) is 10.2. The van der Waals surface area contributed by atoms with Gasteiger partial charge in [-0.3, -0.25) is 0 Å². The minimum absolute atomic E-state index is 0.0000912. The lowest BCUT2D eigenvalue weighted by molar-refractivity contribution is -0.158. The highest BCUT2D eigenvalue weighted by Gasteiger charge is 2.32. The molecule has 1 rings (SSSR count). The number of carboxylic acid groups (broad SMARTS) is 1. The number of hydrogen-bond donors (Lipinski definition) is 1. The smallest absolute Gasteiger partial charge is 0.422 e. The van der Waals surface area contributed by atoms with Gasteiger partial charge in [-0.2, -0.15) is 0 Å². The van der Waals surface area contributed by atoms with Crippen LogP contribution in [0.15, 0.2) is 6.07 Å². The lowest BCUT2D eigenvalue weighted by Gasteiger charge is -2.35. The van der Waals surface area contributed by atoms with Crippen molar-refractivity contribution in [2.24, 2.45) is 17.3 Å². The molecule has 0 amide bonds. The van der Waals surface area contributed by atoms with Crippen molar-refractivity contribution in [3.63, 3.8) is 0 Å². The van der Waals surface area contributed by atoms with Gasteiger partial charge in [0, 0.05) is 0 Å². The summed E-state index contributed by atoms with van der Waals surface area (Å²) in [5, 5.41) is 8.14. The number of aliphatic carboxylic acids is 1. The quantitative estimate of drug-likeness (QED) is 0.287. The van der Waals surface area contributed by atoms with Gasteiger partial charge in [-0.1, -0.05) is 69.4 Å². The molecule has 0 aliphatic carbocycles. The van der Waals surface area contributed by atoms with Crippen LogP contribution in [0.5, 0.6) is 5.75 Å². The van der Waals surface area contributed by atoms with Crippen LogP contribution in [0.4, 0.5) is 0 Å². The molecule has 0 aromatic heterocycles. The summed E-state index contributed by atoms with van der Waals surface area (Å²) in [5.74, 6) is -4.59. The second-order valence-electron chi connectivity index (χ2n) is 7.03. The van der Waals surface area contributed by atoms with Gasteiger partial charge >= 0.3 is 17.9 Å². The van der Waals surface area contributed by atoms with Crippen LogP contribution in [-0.4, -0.2) is 29.6 Å². The summed E-state index contributed by atoms with van der Waals surface area (Å²) in [6, 6.07) is 1.14. The molecule has 1 atom stereocenters. The maximum Gasteiger partial charge on any atom is 0.422 e. The first-order chi connectivity index (χ1) is 12.3. The fourth-order valence-corrected chi connectivity index (χ4v) is 2.77. The highest BCUT2D eigenvalue weighted by molar-refractivity contribution is 6.46. The van der Waals surface area contributed by atoms with Crippen molar-refractivity contribution in [1.29, 1.82) is 0 Å². The van der Waals surface area contributed by atoms with Crippen molar-refractivity contribution in [2.75, 3.05) is 6.61 Å². The van der Waals surface area contributed by atoms with Gasteiger partial charge in [0.15, 0.2) is 5.75 Å². The Morgan fingerprint density at radius 2 is 1.67 bits per heavy atom. The molecule has 0 saturated carbocycles. The lowest BCUT2D eigenvalue weighted by Crippen LogP contribution is -2.31. The summed E-state index contributed by atoms with van der Waals surface area (Å²) in [5.41, 5.74) is -0.521. The highest BCUT2D eigenvalue weighted by atomic mass is 35.5. The zero-order chi connectivity index (χ0) is 21.1. The molecule has 1 unspecified atom stereocenters. The molecule has 27 heavy (non-hydrogen) atoms. The maximum atomic E-state index is 12.6. The molecule has 0 fully saturated rings. The zero-order valence-corrected chi connectivity index (χ0v) is 17.8. The van der Waals surface area contributed by atoms with Crippen LogP contribution in [-0.2, 0) is 14.3 Å². The van der Waals surface area contributed by atoms with E-state index in [0.717, 1.165) is 6.07 Å². The fraction of sp³-hybridized carbons (Fsp3) is 0.500. The number of carbonyl (C=O) groups is 3. The van der Waals surface area contributed by atoms with E-state index >= 15 is 0 Å². The van der Waals surface area contributed by atoms with Crippen LogP contribution >= 0.6 is 34.8 Å². The van der Waals surface area contributed by atoms with E-state index in [9.17, 15) is 14.4 Å². The topological polar surface area (TPSA) is 89.9 Å². The van der Waals surface area contributed by atoms with Gasteiger partial charge < -0.3 is 14.6 Å². The molecular weight excluding hydrogens is 419 g/mol.